The highest BCUT2D eigenvalue weighted by atomic mass is 32.2. The van der Waals surface area contributed by atoms with Gasteiger partial charge in [-0.05, 0) is 80.1 Å². The quantitative estimate of drug-likeness (QED) is 0.339. The van der Waals surface area contributed by atoms with Crippen molar-refractivity contribution in [2.24, 2.45) is 0 Å². The zero-order chi connectivity index (χ0) is 25.0. The van der Waals surface area contributed by atoms with Gasteiger partial charge in [-0.2, -0.15) is 0 Å². The third kappa shape index (κ3) is 5.58. The zero-order valence-corrected chi connectivity index (χ0v) is 19.8. The summed E-state index contributed by atoms with van der Waals surface area (Å²) in [7, 11) is -3.82. The number of pyridine rings is 1. The number of ether oxygens (including phenoxy) is 1. The largest absolute Gasteiger partial charge is 0.494 e. The van der Waals surface area contributed by atoms with E-state index in [4.69, 9.17) is 4.74 Å². The number of fused-ring (bicyclic) bond motifs is 1. The molecule has 0 aliphatic rings. The number of aryl methyl sites for hydroxylation is 1. The topological polar surface area (TPSA) is 131 Å². The van der Waals surface area contributed by atoms with E-state index in [1.54, 1.807) is 28.9 Å². The summed E-state index contributed by atoms with van der Waals surface area (Å²) >= 11 is 0. The van der Waals surface area contributed by atoms with Crippen LogP contribution >= 0.6 is 0 Å². The van der Waals surface area contributed by atoms with Crippen molar-refractivity contribution >= 4 is 33.2 Å². The summed E-state index contributed by atoms with van der Waals surface area (Å²) in [4.78, 5) is 29.1. The number of hydrogen-bond acceptors (Lipinski definition) is 6. The lowest BCUT2D eigenvalue weighted by molar-refractivity contribution is 0.0844. The Labute approximate surface area is 202 Å². The maximum Gasteiger partial charge on any atom is 0.289 e. The minimum Gasteiger partial charge on any atom is -0.494 e. The van der Waals surface area contributed by atoms with E-state index in [9.17, 15) is 18.0 Å². The number of imidazole rings is 1. The number of rotatable bonds is 7. The smallest absolute Gasteiger partial charge is 0.289 e. The van der Waals surface area contributed by atoms with E-state index >= 15 is 0 Å². The van der Waals surface area contributed by atoms with Crippen LogP contribution in [-0.4, -0.2) is 36.2 Å². The monoisotopic (exact) mass is 493 g/mol. The van der Waals surface area contributed by atoms with Gasteiger partial charge in [-0.3, -0.25) is 25.2 Å². The molecule has 0 atom stereocenters. The van der Waals surface area contributed by atoms with Crippen molar-refractivity contribution in [3.05, 3.63) is 89.9 Å². The van der Waals surface area contributed by atoms with E-state index in [-0.39, 0.29) is 21.8 Å². The molecule has 0 spiro atoms. The number of amides is 2. The second-order valence-electron chi connectivity index (χ2n) is 7.59. The van der Waals surface area contributed by atoms with Crippen molar-refractivity contribution in [2.45, 2.75) is 18.7 Å². The van der Waals surface area contributed by atoms with Crippen molar-refractivity contribution < 1.29 is 22.7 Å². The Morgan fingerprint density at radius 3 is 2.34 bits per heavy atom. The first-order valence-corrected chi connectivity index (χ1v) is 12.2. The molecule has 3 N–H and O–H groups in total. The molecule has 2 aromatic heterocycles. The van der Waals surface area contributed by atoms with Crippen molar-refractivity contribution in [1.82, 2.24) is 20.2 Å². The molecule has 0 fully saturated rings. The fourth-order valence-corrected chi connectivity index (χ4v) is 4.29. The molecule has 0 aliphatic heterocycles. The van der Waals surface area contributed by atoms with E-state index in [1.165, 1.54) is 36.4 Å². The van der Waals surface area contributed by atoms with Gasteiger partial charge in [0.25, 0.3) is 21.8 Å². The van der Waals surface area contributed by atoms with Gasteiger partial charge >= 0.3 is 0 Å². The Morgan fingerprint density at radius 1 is 0.971 bits per heavy atom. The van der Waals surface area contributed by atoms with E-state index in [2.05, 4.69) is 20.6 Å². The molecule has 180 valence electrons. The van der Waals surface area contributed by atoms with Gasteiger partial charge in [-0.25, -0.2) is 13.4 Å². The first-order valence-electron chi connectivity index (χ1n) is 10.7. The molecule has 0 radical (unpaired) electrons. The Bertz CT molecular complexity index is 1480. The summed E-state index contributed by atoms with van der Waals surface area (Å²) in [5.74, 6) is -0.566. The van der Waals surface area contributed by atoms with E-state index in [1.807, 2.05) is 26.0 Å². The van der Waals surface area contributed by atoms with Crippen LogP contribution in [0.5, 0.6) is 5.75 Å². The highest BCUT2D eigenvalue weighted by Gasteiger charge is 2.16. The standard InChI is InChI=1S/C24H23N5O5S/c1-3-34-19-8-10-20(11-9-19)35(32,33)28-18-6-4-17(5-7-18)23(30)26-27-24(31)21-15-29-13-12-16(2)14-22(29)25-21/h4-15,28H,3H2,1-2H3,(H,26,30)(H,27,31). The number of carbonyl (C=O) groups is 2. The van der Waals surface area contributed by atoms with Gasteiger partial charge in [0.05, 0.1) is 11.5 Å². The fraction of sp³-hybridized carbons (Fsp3) is 0.125. The highest BCUT2D eigenvalue weighted by molar-refractivity contribution is 7.92. The maximum absolute atomic E-state index is 12.6. The van der Waals surface area contributed by atoms with Crippen LogP contribution in [-0.2, 0) is 10.0 Å². The third-order valence-electron chi connectivity index (χ3n) is 4.98. The number of anilines is 1. The molecule has 2 heterocycles. The molecule has 4 rings (SSSR count). The lowest BCUT2D eigenvalue weighted by atomic mass is 10.2. The van der Waals surface area contributed by atoms with Crippen LogP contribution < -0.4 is 20.3 Å². The molecule has 4 aromatic rings. The summed E-state index contributed by atoms with van der Waals surface area (Å²) in [5.41, 5.74) is 6.92. The molecule has 0 unspecified atom stereocenters. The summed E-state index contributed by atoms with van der Waals surface area (Å²) in [5, 5.41) is 0. The van der Waals surface area contributed by atoms with Crippen LogP contribution in [0.3, 0.4) is 0 Å². The SMILES string of the molecule is CCOc1ccc(S(=O)(=O)Nc2ccc(C(=O)NNC(=O)c3cn4ccc(C)cc4n3)cc2)cc1. The molecular weight excluding hydrogens is 470 g/mol. The molecule has 0 saturated heterocycles. The Balaban J connectivity index is 1.36. The summed E-state index contributed by atoms with van der Waals surface area (Å²) in [6, 6.07) is 15.5. The Kier molecular flexibility index (Phi) is 6.69. The van der Waals surface area contributed by atoms with E-state index < -0.39 is 21.8 Å². The van der Waals surface area contributed by atoms with Crippen LogP contribution in [0.4, 0.5) is 5.69 Å². The molecule has 0 saturated carbocycles. The van der Waals surface area contributed by atoms with Crippen molar-refractivity contribution in [1.29, 1.82) is 0 Å². The first kappa shape index (κ1) is 23.8. The molecular formula is C24H23N5O5S. The summed E-state index contributed by atoms with van der Waals surface area (Å²) < 4.78 is 34.7. The van der Waals surface area contributed by atoms with Crippen LogP contribution in [0, 0.1) is 6.92 Å². The van der Waals surface area contributed by atoms with Crippen LogP contribution in [0.15, 0.2) is 78.0 Å². The van der Waals surface area contributed by atoms with Crippen molar-refractivity contribution in [3.63, 3.8) is 0 Å². The second-order valence-corrected chi connectivity index (χ2v) is 9.27. The minimum atomic E-state index is -3.82. The molecule has 2 amide bonds. The molecule has 0 bridgehead atoms. The van der Waals surface area contributed by atoms with Gasteiger partial charge in [0.1, 0.15) is 17.1 Å². The number of aromatic nitrogens is 2. The number of benzene rings is 2. The lowest BCUT2D eigenvalue weighted by Gasteiger charge is -2.10. The number of hydrazine groups is 1. The van der Waals surface area contributed by atoms with Gasteiger partial charge < -0.3 is 9.14 Å². The second kappa shape index (κ2) is 9.85. The van der Waals surface area contributed by atoms with Crippen LogP contribution in [0.2, 0.25) is 0 Å². The Morgan fingerprint density at radius 2 is 1.66 bits per heavy atom. The van der Waals surface area contributed by atoms with Gasteiger partial charge in [0.2, 0.25) is 0 Å². The van der Waals surface area contributed by atoms with Gasteiger partial charge in [0.15, 0.2) is 0 Å². The molecule has 2 aromatic carbocycles. The molecule has 11 heteroatoms. The lowest BCUT2D eigenvalue weighted by Crippen LogP contribution is -2.41. The highest BCUT2D eigenvalue weighted by Crippen LogP contribution is 2.20. The van der Waals surface area contributed by atoms with Crippen molar-refractivity contribution in [2.75, 3.05) is 11.3 Å². The average molecular weight is 494 g/mol. The van der Waals surface area contributed by atoms with Crippen LogP contribution in [0.1, 0.15) is 33.3 Å². The summed E-state index contributed by atoms with van der Waals surface area (Å²) in [6.07, 6.45) is 3.35. The number of sulfonamides is 1. The predicted octanol–water partition coefficient (Wildman–Crippen LogP) is 2.92. The normalized spacial score (nSPS) is 11.1. The number of nitrogens with zero attached hydrogens (tertiary/aromatic N) is 2. The Hall–Kier alpha value is -4.38. The fourth-order valence-electron chi connectivity index (χ4n) is 3.23. The van der Waals surface area contributed by atoms with E-state index in [0.717, 1.165) is 5.56 Å². The van der Waals surface area contributed by atoms with Gasteiger partial charge in [0, 0.05) is 23.6 Å². The van der Waals surface area contributed by atoms with Gasteiger partial charge in [-0.15, -0.1) is 0 Å². The first-order chi connectivity index (χ1) is 16.7. The molecule has 35 heavy (non-hydrogen) atoms. The molecule has 0 aliphatic carbocycles. The predicted molar refractivity (Wildman–Crippen MR) is 130 cm³/mol. The number of hydrogen-bond donors (Lipinski definition) is 3. The van der Waals surface area contributed by atoms with E-state index in [0.29, 0.717) is 18.0 Å². The third-order valence-corrected chi connectivity index (χ3v) is 6.38. The minimum absolute atomic E-state index is 0.0765. The molecule has 10 nitrogen and oxygen atoms in total. The van der Waals surface area contributed by atoms with Gasteiger partial charge in [-0.1, -0.05) is 0 Å². The van der Waals surface area contributed by atoms with Crippen molar-refractivity contribution in [3.8, 4) is 5.75 Å². The average Bonchev–Trinajstić information content (AvgIpc) is 3.26. The number of nitrogens with one attached hydrogen (secondary N) is 3. The number of carbonyl (C=O) groups excluding carboxylic acids is 2. The zero-order valence-electron chi connectivity index (χ0n) is 19.0. The maximum atomic E-state index is 12.6. The van der Waals surface area contributed by atoms with Crippen LogP contribution in [0.25, 0.3) is 5.65 Å². The summed E-state index contributed by atoms with van der Waals surface area (Å²) in [6.45, 7) is 4.24.